The number of aliphatic hydroxyl groups excluding tert-OH is 1. The third kappa shape index (κ3) is 3.15. The number of anilines is 1. The Kier molecular flexibility index (Phi) is 4.42. The van der Waals surface area contributed by atoms with Crippen molar-refractivity contribution in [3.63, 3.8) is 0 Å². The molecule has 6 heteroatoms. The van der Waals surface area contributed by atoms with E-state index in [-0.39, 0.29) is 17.8 Å². The van der Waals surface area contributed by atoms with E-state index in [1.54, 1.807) is 6.92 Å². The van der Waals surface area contributed by atoms with Gasteiger partial charge in [0.15, 0.2) is 0 Å². The van der Waals surface area contributed by atoms with Crippen LogP contribution in [0.3, 0.4) is 0 Å². The normalized spacial score (nSPS) is 12.1. The third-order valence-corrected chi connectivity index (χ3v) is 2.27. The van der Waals surface area contributed by atoms with Crippen molar-refractivity contribution >= 4 is 11.6 Å². The van der Waals surface area contributed by atoms with Gasteiger partial charge in [-0.1, -0.05) is 6.07 Å². The fourth-order valence-corrected chi connectivity index (χ4v) is 1.53. The van der Waals surface area contributed by atoms with E-state index in [9.17, 15) is 14.3 Å². The van der Waals surface area contributed by atoms with Crippen LogP contribution >= 0.6 is 0 Å². The zero-order valence-corrected chi connectivity index (χ0v) is 9.77. The van der Waals surface area contributed by atoms with Crippen molar-refractivity contribution < 1.29 is 14.3 Å². The highest BCUT2D eigenvalue weighted by Crippen LogP contribution is 2.20. The minimum Gasteiger partial charge on any atom is -0.392 e. The lowest BCUT2D eigenvalue weighted by atomic mass is 10.1. The van der Waals surface area contributed by atoms with Gasteiger partial charge in [-0.15, -0.1) is 0 Å². The molecule has 1 unspecified atom stereocenters. The van der Waals surface area contributed by atoms with Gasteiger partial charge in [0, 0.05) is 13.6 Å². The Morgan fingerprint density at radius 1 is 1.65 bits per heavy atom. The molecule has 0 saturated carbocycles. The summed E-state index contributed by atoms with van der Waals surface area (Å²) < 4.78 is 13.4. The van der Waals surface area contributed by atoms with Crippen molar-refractivity contribution in [3.8, 4) is 0 Å². The number of para-hydroxylation sites is 1. The highest BCUT2D eigenvalue weighted by Gasteiger charge is 2.18. The molecule has 0 aliphatic carbocycles. The molecule has 17 heavy (non-hydrogen) atoms. The second kappa shape index (κ2) is 5.60. The number of hydrazine groups is 1. The van der Waals surface area contributed by atoms with Crippen LogP contribution in [0.2, 0.25) is 0 Å². The number of amides is 1. The van der Waals surface area contributed by atoms with Crippen molar-refractivity contribution in [2.75, 3.05) is 19.0 Å². The average molecular weight is 241 g/mol. The van der Waals surface area contributed by atoms with Crippen LogP contribution in [0.25, 0.3) is 0 Å². The van der Waals surface area contributed by atoms with Gasteiger partial charge in [0.25, 0.3) is 5.91 Å². The molecule has 5 nitrogen and oxygen atoms in total. The molecule has 0 bridgehead atoms. The van der Waals surface area contributed by atoms with E-state index in [0.717, 1.165) is 0 Å². The maximum Gasteiger partial charge on any atom is 0.255 e. The van der Waals surface area contributed by atoms with Crippen LogP contribution in [-0.2, 0) is 0 Å². The van der Waals surface area contributed by atoms with Crippen LogP contribution in [-0.4, -0.2) is 35.6 Å². The summed E-state index contributed by atoms with van der Waals surface area (Å²) in [7, 11) is 1.53. The molecule has 0 radical (unpaired) electrons. The van der Waals surface area contributed by atoms with E-state index in [4.69, 9.17) is 5.84 Å². The number of likely N-dealkylation sites (N-methyl/N-ethyl adjacent to an activating group) is 1. The van der Waals surface area contributed by atoms with Gasteiger partial charge >= 0.3 is 0 Å². The molecule has 1 amide bonds. The number of rotatable bonds is 4. The van der Waals surface area contributed by atoms with E-state index < -0.39 is 17.8 Å². The molecule has 0 spiro atoms. The molecule has 1 rings (SSSR count). The van der Waals surface area contributed by atoms with Gasteiger partial charge in [0.1, 0.15) is 5.82 Å². The van der Waals surface area contributed by atoms with Crippen LogP contribution < -0.4 is 11.3 Å². The molecule has 0 saturated heterocycles. The first-order chi connectivity index (χ1) is 7.97. The number of nitrogens with two attached hydrogens (primary N) is 1. The summed E-state index contributed by atoms with van der Waals surface area (Å²) in [5.74, 6) is 4.18. The Balaban J connectivity index is 3.00. The molecule has 0 fully saturated rings. The summed E-state index contributed by atoms with van der Waals surface area (Å²) in [6.45, 7) is 1.73. The fourth-order valence-electron chi connectivity index (χ4n) is 1.53. The van der Waals surface area contributed by atoms with Gasteiger partial charge in [-0.3, -0.25) is 10.6 Å². The van der Waals surface area contributed by atoms with Crippen LogP contribution in [0.4, 0.5) is 10.1 Å². The van der Waals surface area contributed by atoms with Crippen molar-refractivity contribution in [1.82, 2.24) is 4.90 Å². The summed E-state index contributed by atoms with van der Waals surface area (Å²) in [6.07, 6.45) is -0.646. The number of carbonyl (C=O) groups is 1. The zero-order chi connectivity index (χ0) is 13.0. The van der Waals surface area contributed by atoms with Crippen molar-refractivity contribution in [1.29, 1.82) is 0 Å². The van der Waals surface area contributed by atoms with Crippen molar-refractivity contribution in [2.45, 2.75) is 13.0 Å². The number of halogens is 1. The molecular formula is C11H16FN3O2. The Morgan fingerprint density at radius 3 is 2.82 bits per heavy atom. The molecule has 0 aromatic heterocycles. The van der Waals surface area contributed by atoms with Gasteiger partial charge in [-0.2, -0.15) is 0 Å². The standard InChI is InChI=1S/C11H16FN3O2/c1-7(16)6-15(2)11(17)8-4-3-5-9(12)10(8)14-13/h3-5,7,14,16H,6,13H2,1-2H3. The van der Waals surface area contributed by atoms with Gasteiger partial charge in [0.2, 0.25) is 0 Å². The Labute approximate surface area is 99.0 Å². The van der Waals surface area contributed by atoms with Crippen LogP contribution in [0, 0.1) is 5.82 Å². The number of nitrogens with zero attached hydrogens (tertiary/aromatic N) is 1. The fraction of sp³-hybridized carbons (Fsp3) is 0.364. The molecule has 94 valence electrons. The average Bonchev–Trinajstić information content (AvgIpc) is 2.26. The molecule has 0 aliphatic heterocycles. The minimum absolute atomic E-state index is 0.0463. The van der Waals surface area contributed by atoms with Gasteiger partial charge in [-0.25, -0.2) is 4.39 Å². The van der Waals surface area contributed by atoms with Gasteiger partial charge < -0.3 is 15.4 Å². The quantitative estimate of drug-likeness (QED) is 0.532. The second-order valence-electron chi connectivity index (χ2n) is 3.84. The minimum atomic E-state index is -0.646. The van der Waals surface area contributed by atoms with Crippen LogP contribution in [0.15, 0.2) is 18.2 Å². The molecule has 0 heterocycles. The smallest absolute Gasteiger partial charge is 0.255 e. The van der Waals surface area contributed by atoms with E-state index in [1.165, 1.54) is 30.1 Å². The lowest BCUT2D eigenvalue weighted by Crippen LogP contribution is -2.33. The van der Waals surface area contributed by atoms with Crippen molar-refractivity contribution in [3.05, 3.63) is 29.6 Å². The summed E-state index contributed by atoms with van der Waals surface area (Å²) in [5, 5.41) is 9.19. The maximum atomic E-state index is 13.4. The Hall–Kier alpha value is -1.66. The van der Waals surface area contributed by atoms with Crippen LogP contribution in [0.1, 0.15) is 17.3 Å². The van der Waals surface area contributed by atoms with Gasteiger partial charge in [-0.05, 0) is 19.1 Å². The van der Waals surface area contributed by atoms with E-state index in [1.807, 2.05) is 0 Å². The number of aliphatic hydroxyl groups is 1. The Bertz CT molecular complexity index is 410. The molecule has 4 N–H and O–H groups in total. The first-order valence-electron chi connectivity index (χ1n) is 5.16. The van der Waals surface area contributed by atoms with E-state index >= 15 is 0 Å². The monoisotopic (exact) mass is 241 g/mol. The topological polar surface area (TPSA) is 78.6 Å². The first kappa shape index (κ1) is 13.4. The number of nitrogen functional groups attached to an aromatic ring is 1. The SMILES string of the molecule is CC(O)CN(C)C(=O)c1cccc(F)c1NN. The number of hydrogen-bond acceptors (Lipinski definition) is 4. The molecule has 1 aromatic rings. The summed E-state index contributed by atoms with van der Waals surface area (Å²) in [6, 6.07) is 4.11. The lowest BCUT2D eigenvalue weighted by Gasteiger charge is -2.20. The number of benzene rings is 1. The number of carbonyl (C=O) groups excluding carboxylic acids is 1. The number of nitrogens with one attached hydrogen (secondary N) is 1. The summed E-state index contributed by atoms with van der Waals surface area (Å²) in [5.41, 5.74) is 2.26. The predicted molar refractivity (Wildman–Crippen MR) is 62.9 cm³/mol. The summed E-state index contributed by atoms with van der Waals surface area (Å²) >= 11 is 0. The van der Waals surface area contributed by atoms with Crippen LogP contribution in [0.5, 0.6) is 0 Å². The van der Waals surface area contributed by atoms with E-state index in [2.05, 4.69) is 5.43 Å². The van der Waals surface area contributed by atoms with E-state index in [0.29, 0.717) is 0 Å². The van der Waals surface area contributed by atoms with Crippen molar-refractivity contribution in [2.24, 2.45) is 5.84 Å². The molecular weight excluding hydrogens is 225 g/mol. The Morgan fingerprint density at radius 2 is 2.29 bits per heavy atom. The largest absolute Gasteiger partial charge is 0.392 e. The first-order valence-corrected chi connectivity index (χ1v) is 5.16. The van der Waals surface area contributed by atoms with Gasteiger partial charge in [0.05, 0.1) is 17.4 Å². The highest BCUT2D eigenvalue weighted by molar-refractivity contribution is 5.99. The molecule has 1 aromatic carbocycles. The second-order valence-corrected chi connectivity index (χ2v) is 3.84. The lowest BCUT2D eigenvalue weighted by molar-refractivity contribution is 0.0704. The third-order valence-electron chi connectivity index (χ3n) is 2.27. The highest BCUT2D eigenvalue weighted by atomic mass is 19.1. The predicted octanol–water partition coefficient (Wildman–Crippen LogP) is 0.564. The summed E-state index contributed by atoms with van der Waals surface area (Å²) in [4.78, 5) is 13.3. The maximum absolute atomic E-state index is 13.4. The molecule has 1 atom stereocenters. The zero-order valence-electron chi connectivity index (χ0n) is 9.77. The number of hydrogen-bond donors (Lipinski definition) is 3. The molecule has 0 aliphatic rings.